The fourth-order valence-electron chi connectivity index (χ4n) is 2.98. The average molecular weight is 348 g/mol. The number of rotatable bonds is 7. The smallest absolute Gasteiger partial charge is 0.191 e. The molecule has 0 amide bonds. The molecule has 1 aliphatic rings. The maximum absolute atomic E-state index is 5.45. The molecule has 6 nitrogen and oxygen atoms in total. The van der Waals surface area contributed by atoms with Gasteiger partial charge in [0.25, 0.3) is 0 Å². The number of methoxy groups -OCH3 is 1. The summed E-state index contributed by atoms with van der Waals surface area (Å²) < 4.78 is 10.6. The molecule has 0 aliphatic carbocycles. The molecule has 1 aromatic rings. The summed E-state index contributed by atoms with van der Waals surface area (Å²) in [6, 6.07) is 8.40. The van der Waals surface area contributed by atoms with E-state index < -0.39 is 0 Å². The highest BCUT2D eigenvalue weighted by Crippen LogP contribution is 2.15. The number of guanidine groups is 1. The van der Waals surface area contributed by atoms with Crippen molar-refractivity contribution in [3.63, 3.8) is 0 Å². The molecule has 0 bridgehead atoms. The van der Waals surface area contributed by atoms with Crippen LogP contribution in [0.5, 0.6) is 0 Å². The molecule has 1 saturated heterocycles. The third kappa shape index (κ3) is 6.30. The molecule has 6 heteroatoms. The van der Waals surface area contributed by atoms with E-state index in [1.165, 1.54) is 11.1 Å². The van der Waals surface area contributed by atoms with Crippen LogP contribution in [-0.4, -0.2) is 63.4 Å². The van der Waals surface area contributed by atoms with E-state index in [0.717, 1.165) is 45.4 Å². The van der Waals surface area contributed by atoms with Crippen molar-refractivity contribution in [3.05, 3.63) is 35.4 Å². The number of benzene rings is 1. The maximum atomic E-state index is 5.45. The first-order valence-corrected chi connectivity index (χ1v) is 8.89. The van der Waals surface area contributed by atoms with Gasteiger partial charge in [-0.2, -0.15) is 0 Å². The van der Waals surface area contributed by atoms with Crippen LogP contribution in [0.1, 0.15) is 25.0 Å². The van der Waals surface area contributed by atoms with Gasteiger partial charge in [0.05, 0.1) is 19.8 Å². The predicted octanol–water partition coefficient (Wildman–Crippen LogP) is 1.61. The van der Waals surface area contributed by atoms with Crippen LogP contribution in [-0.2, 0) is 22.6 Å². The predicted molar refractivity (Wildman–Crippen MR) is 102 cm³/mol. The van der Waals surface area contributed by atoms with Crippen molar-refractivity contribution in [1.29, 1.82) is 0 Å². The van der Waals surface area contributed by atoms with Gasteiger partial charge in [-0.1, -0.05) is 24.3 Å². The van der Waals surface area contributed by atoms with Crippen LogP contribution in [0, 0.1) is 0 Å². The van der Waals surface area contributed by atoms with Gasteiger partial charge in [0.1, 0.15) is 0 Å². The summed E-state index contributed by atoms with van der Waals surface area (Å²) in [7, 11) is 3.52. The maximum Gasteiger partial charge on any atom is 0.191 e. The van der Waals surface area contributed by atoms with E-state index in [1.807, 2.05) is 0 Å². The Morgan fingerprint density at radius 1 is 1.24 bits per heavy atom. The van der Waals surface area contributed by atoms with Gasteiger partial charge in [-0.25, -0.2) is 0 Å². The highest BCUT2D eigenvalue weighted by molar-refractivity contribution is 5.79. The lowest BCUT2D eigenvalue weighted by molar-refractivity contribution is -0.00834. The lowest BCUT2D eigenvalue weighted by Gasteiger charge is -2.41. The van der Waals surface area contributed by atoms with Crippen molar-refractivity contribution in [1.82, 2.24) is 15.5 Å². The van der Waals surface area contributed by atoms with Gasteiger partial charge in [0.2, 0.25) is 0 Å². The second kappa shape index (κ2) is 9.75. The quantitative estimate of drug-likeness (QED) is 0.579. The SMILES string of the molecule is CN=C(NCc1cccc(COC)c1)NCC(C)(C)N1CCOCC1. The summed E-state index contributed by atoms with van der Waals surface area (Å²) in [5, 5.41) is 6.83. The number of hydrogen-bond acceptors (Lipinski definition) is 4. The Labute approximate surface area is 151 Å². The zero-order chi connectivity index (χ0) is 18.1. The van der Waals surface area contributed by atoms with Crippen molar-refractivity contribution in [2.45, 2.75) is 32.5 Å². The van der Waals surface area contributed by atoms with Crippen LogP contribution < -0.4 is 10.6 Å². The third-order valence-electron chi connectivity index (χ3n) is 4.54. The molecule has 0 unspecified atom stereocenters. The minimum Gasteiger partial charge on any atom is -0.380 e. The van der Waals surface area contributed by atoms with E-state index in [2.05, 4.69) is 58.6 Å². The van der Waals surface area contributed by atoms with Crippen molar-refractivity contribution in [2.75, 3.05) is 47.0 Å². The summed E-state index contributed by atoms with van der Waals surface area (Å²) in [5.41, 5.74) is 2.45. The van der Waals surface area contributed by atoms with Crippen molar-refractivity contribution < 1.29 is 9.47 Å². The highest BCUT2D eigenvalue weighted by Gasteiger charge is 2.28. The van der Waals surface area contributed by atoms with E-state index in [9.17, 15) is 0 Å². The molecule has 1 aromatic carbocycles. The van der Waals surface area contributed by atoms with Gasteiger partial charge in [0.15, 0.2) is 5.96 Å². The largest absolute Gasteiger partial charge is 0.380 e. The lowest BCUT2D eigenvalue weighted by Crippen LogP contribution is -2.56. The summed E-state index contributed by atoms with van der Waals surface area (Å²) in [5.74, 6) is 0.818. The first-order chi connectivity index (χ1) is 12.0. The molecule has 0 atom stereocenters. The van der Waals surface area contributed by atoms with E-state index >= 15 is 0 Å². The van der Waals surface area contributed by atoms with Crippen LogP contribution in [0.3, 0.4) is 0 Å². The number of aliphatic imine (C=N–C) groups is 1. The molecular formula is C19H32N4O2. The minimum absolute atomic E-state index is 0.0553. The fourth-order valence-corrected chi connectivity index (χ4v) is 2.98. The Kier molecular flexibility index (Phi) is 7.68. The van der Waals surface area contributed by atoms with Crippen molar-refractivity contribution in [2.24, 2.45) is 4.99 Å². The normalized spacial score (nSPS) is 16.7. The third-order valence-corrected chi connectivity index (χ3v) is 4.54. The Bertz CT molecular complexity index is 554. The molecule has 0 radical (unpaired) electrons. The Morgan fingerprint density at radius 3 is 2.64 bits per heavy atom. The zero-order valence-electron chi connectivity index (χ0n) is 16.0. The summed E-state index contributed by atoms with van der Waals surface area (Å²) in [6.45, 7) is 10.3. The van der Waals surface area contributed by atoms with Gasteiger partial charge in [-0.05, 0) is 25.0 Å². The van der Waals surface area contributed by atoms with Crippen LogP contribution in [0.2, 0.25) is 0 Å². The van der Waals surface area contributed by atoms with Crippen LogP contribution in [0.4, 0.5) is 0 Å². The fraction of sp³-hybridized carbons (Fsp3) is 0.632. The first-order valence-electron chi connectivity index (χ1n) is 8.89. The van der Waals surface area contributed by atoms with Crippen LogP contribution in [0.25, 0.3) is 0 Å². The van der Waals surface area contributed by atoms with Gasteiger partial charge in [-0.3, -0.25) is 9.89 Å². The molecule has 0 aromatic heterocycles. The Balaban J connectivity index is 1.83. The highest BCUT2D eigenvalue weighted by atomic mass is 16.5. The van der Waals surface area contributed by atoms with Crippen molar-refractivity contribution in [3.8, 4) is 0 Å². The molecule has 1 fully saturated rings. The van der Waals surface area contributed by atoms with E-state index in [0.29, 0.717) is 6.61 Å². The number of hydrogen-bond donors (Lipinski definition) is 2. The summed E-state index contributed by atoms with van der Waals surface area (Å²) in [6.07, 6.45) is 0. The molecular weight excluding hydrogens is 316 g/mol. The molecule has 2 N–H and O–H groups in total. The second-order valence-electron chi connectivity index (χ2n) is 6.94. The monoisotopic (exact) mass is 348 g/mol. The molecule has 1 aliphatic heterocycles. The van der Waals surface area contributed by atoms with Gasteiger partial charge >= 0.3 is 0 Å². The number of morpholine rings is 1. The van der Waals surface area contributed by atoms with Gasteiger partial charge in [0, 0.05) is 45.9 Å². The molecule has 0 spiro atoms. The molecule has 0 saturated carbocycles. The molecule has 1 heterocycles. The lowest BCUT2D eigenvalue weighted by atomic mass is 10.0. The van der Waals surface area contributed by atoms with Crippen LogP contribution in [0.15, 0.2) is 29.3 Å². The number of ether oxygens (including phenoxy) is 2. The van der Waals surface area contributed by atoms with E-state index in [1.54, 1.807) is 14.2 Å². The topological polar surface area (TPSA) is 58.1 Å². The minimum atomic E-state index is 0.0553. The van der Waals surface area contributed by atoms with E-state index in [-0.39, 0.29) is 5.54 Å². The standard InChI is InChI=1S/C19H32N4O2/c1-19(2,23-8-10-25-11-9-23)15-22-18(20-3)21-13-16-6-5-7-17(12-16)14-24-4/h5-7,12H,8-11,13-15H2,1-4H3,(H2,20,21,22). The van der Waals surface area contributed by atoms with E-state index in [4.69, 9.17) is 9.47 Å². The molecule has 25 heavy (non-hydrogen) atoms. The summed E-state index contributed by atoms with van der Waals surface area (Å²) >= 11 is 0. The molecule has 140 valence electrons. The average Bonchev–Trinajstić information content (AvgIpc) is 2.63. The van der Waals surface area contributed by atoms with Gasteiger partial charge in [-0.15, -0.1) is 0 Å². The second-order valence-corrected chi connectivity index (χ2v) is 6.94. The van der Waals surface area contributed by atoms with Crippen LogP contribution >= 0.6 is 0 Å². The Hall–Kier alpha value is -1.63. The Morgan fingerprint density at radius 2 is 1.96 bits per heavy atom. The molecule has 2 rings (SSSR count). The zero-order valence-corrected chi connectivity index (χ0v) is 16.0. The first kappa shape index (κ1) is 19.7. The van der Waals surface area contributed by atoms with Gasteiger partial charge < -0.3 is 20.1 Å². The summed E-state index contributed by atoms with van der Waals surface area (Å²) in [4.78, 5) is 6.80. The number of nitrogens with one attached hydrogen (secondary N) is 2. The number of nitrogens with zero attached hydrogens (tertiary/aromatic N) is 2. The van der Waals surface area contributed by atoms with Crippen molar-refractivity contribution >= 4 is 5.96 Å².